The molecule has 10 nitrogen and oxygen atoms in total. The first kappa shape index (κ1) is 31.8. The van der Waals surface area contributed by atoms with Crippen molar-refractivity contribution in [3.05, 3.63) is 100.0 Å². The third-order valence-corrected chi connectivity index (χ3v) is 7.87. The summed E-state index contributed by atoms with van der Waals surface area (Å²) >= 11 is 0. The summed E-state index contributed by atoms with van der Waals surface area (Å²) in [5.74, 6) is 0.834. The molecule has 4 rings (SSSR count). The highest BCUT2D eigenvalue weighted by molar-refractivity contribution is 5.93. The number of nitrogens with zero attached hydrogens (tertiary/aromatic N) is 3. The number of imidazole rings is 1. The molecule has 4 aromatic rings. The molecular weight excluding hydrogens is 556 g/mol. The molecule has 3 aromatic carbocycles. The molecule has 10 heteroatoms. The van der Waals surface area contributed by atoms with Crippen LogP contribution in [-0.4, -0.2) is 46.4 Å². The van der Waals surface area contributed by atoms with Crippen molar-refractivity contribution in [2.24, 2.45) is 11.5 Å². The van der Waals surface area contributed by atoms with E-state index in [2.05, 4.69) is 16.0 Å². The van der Waals surface area contributed by atoms with Crippen LogP contribution >= 0.6 is 0 Å². The van der Waals surface area contributed by atoms with Crippen LogP contribution in [0.2, 0.25) is 0 Å². The number of nitrogens with one attached hydrogen (secondary N) is 1. The highest BCUT2D eigenvalue weighted by Gasteiger charge is 2.37. The number of carbonyl (C=O) groups excluding carboxylic acids is 2. The van der Waals surface area contributed by atoms with E-state index in [9.17, 15) is 14.9 Å². The van der Waals surface area contributed by atoms with E-state index in [1.165, 1.54) is 0 Å². The van der Waals surface area contributed by atoms with Gasteiger partial charge in [0.2, 0.25) is 11.8 Å². The maximum Gasteiger partial charge on any atom is 0.248 e. The van der Waals surface area contributed by atoms with Gasteiger partial charge in [-0.2, -0.15) is 5.26 Å². The maximum atomic E-state index is 14.4. The molecule has 2 atom stereocenters. The fraction of sp³-hybridized carbons (Fsp3) is 0.294. The molecule has 0 fully saturated rings. The number of aromatic amines is 1. The zero-order valence-electron chi connectivity index (χ0n) is 25.9. The van der Waals surface area contributed by atoms with Crippen LogP contribution in [0.3, 0.4) is 0 Å². The van der Waals surface area contributed by atoms with Gasteiger partial charge in [0.05, 0.1) is 49.3 Å². The van der Waals surface area contributed by atoms with Crippen LogP contribution in [0.1, 0.15) is 63.9 Å². The van der Waals surface area contributed by atoms with E-state index >= 15 is 0 Å². The molecule has 0 saturated heterocycles. The van der Waals surface area contributed by atoms with E-state index < -0.39 is 17.5 Å². The Bertz CT molecular complexity index is 1710. The van der Waals surface area contributed by atoms with E-state index in [1.54, 1.807) is 62.6 Å². The van der Waals surface area contributed by atoms with Gasteiger partial charge in [-0.3, -0.25) is 9.59 Å². The highest BCUT2D eigenvalue weighted by Crippen LogP contribution is 2.32. The van der Waals surface area contributed by atoms with Crippen molar-refractivity contribution in [3.63, 3.8) is 0 Å². The third kappa shape index (κ3) is 6.58. The van der Waals surface area contributed by atoms with Crippen LogP contribution in [0.15, 0.2) is 60.8 Å². The van der Waals surface area contributed by atoms with Gasteiger partial charge in [0.1, 0.15) is 5.82 Å². The van der Waals surface area contributed by atoms with E-state index in [1.807, 2.05) is 45.0 Å². The summed E-state index contributed by atoms with van der Waals surface area (Å²) in [6.45, 7) is 7.55. The number of ether oxygens (including phenoxy) is 2. The number of rotatable bonds is 11. The van der Waals surface area contributed by atoms with Gasteiger partial charge in [0.15, 0.2) is 11.5 Å². The Labute approximate surface area is 257 Å². The lowest BCUT2D eigenvalue weighted by molar-refractivity contribution is -0.139. The van der Waals surface area contributed by atoms with Crippen LogP contribution in [-0.2, 0) is 17.8 Å². The first-order valence-electron chi connectivity index (χ1n) is 14.1. The molecule has 228 valence electrons. The summed E-state index contributed by atoms with van der Waals surface area (Å²) in [7, 11) is 3.12. The smallest absolute Gasteiger partial charge is 0.248 e. The second-order valence-corrected chi connectivity index (χ2v) is 11.2. The van der Waals surface area contributed by atoms with Crippen molar-refractivity contribution in [2.75, 3.05) is 14.2 Å². The van der Waals surface area contributed by atoms with E-state index in [0.717, 1.165) is 22.3 Å². The molecule has 0 spiro atoms. The molecule has 0 saturated carbocycles. The highest BCUT2D eigenvalue weighted by atomic mass is 16.5. The predicted octanol–water partition coefficient (Wildman–Crippen LogP) is 4.73. The lowest BCUT2D eigenvalue weighted by atomic mass is 9.86. The minimum absolute atomic E-state index is 0.205. The number of nitrogens with two attached hydrogens (primary N) is 2. The van der Waals surface area contributed by atoms with Gasteiger partial charge in [0.25, 0.3) is 0 Å². The SMILES string of the molecule is COc1ccc(CN(C(=O)[C@@](C)(N)Cc2c(C)cc(C(N)=O)cc2C)[C@@H](C)c2ncc(-c3ccccc3C#N)[nH]2)cc1OC. The van der Waals surface area contributed by atoms with Crippen LogP contribution in [0, 0.1) is 25.2 Å². The fourth-order valence-electron chi connectivity index (χ4n) is 5.39. The molecule has 0 bridgehead atoms. The summed E-state index contributed by atoms with van der Waals surface area (Å²) in [5.41, 5.74) is 16.7. The normalized spacial score (nSPS) is 13.0. The molecule has 1 aromatic heterocycles. The van der Waals surface area contributed by atoms with Crippen LogP contribution < -0.4 is 20.9 Å². The van der Waals surface area contributed by atoms with Gasteiger partial charge in [-0.1, -0.05) is 24.3 Å². The van der Waals surface area contributed by atoms with Gasteiger partial charge < -0.3 is 30.8 Å². The molecule has 0 unspecified atom stereocenters. The summed E-state index contributed by atoms with van der Waals surface area (Å²) in [4.78, 5) is 35.8. The van der Waals surface area contributed by atoms with Gasteiger partial charge in [-0.15, -0.1) is 0 Å². The third-order valence-electron chi connectivity index (χ3n) is 7.87. The van der Waals surface area contributed by atoms with Gasteiger partial charge in [-0.25, -0.2) is 4.98 Å². The van der Waals surface area contributed by atoms with Crippen LogP contribution in [0.4, 0.5) is 0 Å². The number of methoxy groups -OCH3 is 2. The fourth-order valence-corrected chi connectivity index (χ4v) is 5.39. The molecular formula is C34H38N6O4. The van der Waals surface area contributed by atoms with Gasteiger partial charge >= 0.3 is 0 Å². The van der Waals surface area contributed by atoms with Crippen molar-refractivity contribution < 1.29 is 19.1 Å². The number of carbonyl (C=O) groups is 2. The topological polar surface area (TPSA) is 160 Å². The van der Waals surface area contributed by atoms with E-state index in [0.29, 0.717) is 39.7 Å². The average molecular weight is 595 g/mol. The number of primary amides is 1. The number of aromatic nitrogens is 2. The minimum Gasteiger partial charge on any atom is -0.493 e. The molecule has 2 amide bonds. The largest absolute Gasteiger partial charge is 0.493 e. The number of hydrogen-bond donors (Lipinski definition) is 3. The number of H-pyrrole nitrogens is 1. The second-order valence-electron chi connectivity index (χ2n) is 11.2. The van der Waals surface area contributed by atoms with E-state index in [-0.39, 0.29) is 18.9 Å². The Kier molecular flexibility index (Phi) is 9.40. The first-order valence-corrected chi connectivity index (χ1v) is 14.1. The monoisotopic (exact) mass is 594 g/mol. The number of amides is 2. The predicted molar refractivity (Wildman–Crippen MR) is 168 cm³/mol. The van der Waals surface area contributed by atoms with Crippen molar-refractivity contribution in [1.29, 1.82) is 5.26 Å². The lowest BCUT2D eigenvalue weighted by Crippen LogP contribution is -2.55. The average Bonchev–Trinajstić information content (AvgIpc) is 3.51. The van der Waals surface area contributed by atoms with Gasteiger partial charge in [-0.05, 0) is 86.7 Å². The molecule has 0 radical (unpaired) electrons. The molecule has 0 aliphatic carbocycles. The molecule has 0 aliphatic heterocycles. The minimum atomic E-state index is -1.32. The van der Waals surface area contributed by atoms with Crippen LogP contribution in [0.25, 0.3) is 11.3 Å². The quantitative estimate of drug-likeness (QED) is 0.226. The van der Waals surface area contributed by atoms with E-state index in [4.69, 9.17) is 20.9 Å². The molecule has 44 heavy (non-hydrogen) atoms. The van der Waals surface area contributed by atoms with Crippen molar-refractivity contribution in [1.82, 2.24) is 14.9 Å². The summed E-state index contributed by atoms with van der Waals surface area (Å²) in [5, 5.41) is 9.60. The van der Waals surface area contributed by atoms with Crippen molar-refractivity contribution in [3.8, 4) is 28.8 Å². The number of benzene rings is 3. The maximum absolute atomic E-state index is 14.4. The Hall–Kier alpha value is -5.14. The second kappa shape index (κ2) is 13.0. The Morgan fingerprint density at radius 3 is 2.34 bits per heavy atom. The molecule has 1 heterocycles. The molecule has 0 aliphatic rings. The standard InChI is InChI=1S/C34H38N6O4/c1-20-13-25(31(36)41)14-21(2)27(20)16-34(4,37)33(42)40(19-23-11-12-29(43-5)30(15-23)44-6)22(3)32-38-18-28(39-32)26-10-8-7-9-24(26)17-35/h7-15,18,22H,16,19,37H2,1-6H3,(H2,36,41)(H,38,39)/t22-,34-/m0/s1. The van der Waals surface area contributed by atoms with Gasteiger partial charge in [0, 0.05) is 17.7 Å². The number of hydrogen-bond acceptors (Lipinski definition) is 7. The summed E-state index contributed by atoms with van der Waals surface area (Å²) in [6.07, 6.45) is 1.90. The molecule has 5 N–H and O–H groups in total. The lowest BCUT2D eigenvalue weighted by Gasteiger charge is -2.36. The summed E-state index contributed by atoms with van der Waals surface area (Å²) in [6, 6.07) is 17.9. The summed E-state index contributed by atoms with van der Waals surface area (Å²) < 4.78 is 10.9. The van der Waals surface area contributed by atoms with Crippen molar-refractivity contribution in [2.45, 2.75) is 52.2 Å². The Morgan fingerprint density at radius 2 is 1.73 bits per heavy atom. The van der Waals surface area contributed by atoms with Crippen LogP contribution in [0.5, 0.6) is 11.5 Å². The number of aryl methyl sites for hydroxylation is 2. The Balaban J connectivity index is 1.73. The van der Waals surface area contributed by atoms with Crippen molar-refractivity contribution >= 4 is 11.8 Å². The first-order chi connectivity index (χ1) is 20.9. The Morgan fingerprint density at radius 1 is 1.07 bits per heavy atom. The zero-order chi connectivity index (χ0) is 32.2. The number of nitriles is 1. The zero-order valence-corrected chi connectivity index (χ0v) is 25.9.